The lowest BCUT2D eigenvalue weighted by molar-refractivity contribution is 0.102. The molecule has 0 spiro atoms. The standard InChI is InChI=1S/C13H11N5O2/c19-12(11-7-14-13(20)17-11)16-9-3-1-2-8(6-9)10-4-5-15-18-10/h1-7H,(H,15,18)(H,16,19)(H2,14,17,20). The molecule has 3 rings (SSSR count). The van der Waals surface area contributed by atoms with Gasteiger partial charge in [-0.15, -0.1) is 0 Å². The zero-order valence-corrected chi connectivity index (χ0v) is 10.3. The van der Waals surface area contributed by atoms with Gasteiger partial charge in [-0.05, 0) is 18.2 Å². The van der Waals surface area contributed by atoms with Crippen molar-refractivity contribution < 1.29 is 4.79 Å². The fraction of sp³-hybridized carbons (Fsp3) is 0. The number of hydrogen-bond donors (Lipinski definition) is 4. The third kappa shape index (κ3) is 2.37. The first-order valence-electron chi connectivity index (χ1n) is 5.91. The highest BCUT2D eigenvalue weighted by Crippen LogP contribution is 2.20. The van der Waals surface area contributed by atoms with Crippen molar-refractivity contribution in [1.29, 1.82) is 0 Å². The van der Waals surface area contributed by atoms with E-state index in [-0.39, 0.29) is 11.6 Å². The molecule has 0 aliphatic heterocycles. The Hall–Kier alpha value is -3.09. The maximum atomic E-state index is 11.9. The number of nitrogens with one attached hydrogen (secondary N) is 4. The van der Waals surface area contributed by atoms with E-state index < -0.39 is 5.69 Å². The topological polar surface area (TPSA) is 106 Å². The molecule has 1 amide bonds. The van der Waals surface area contributed by atoms with E-state index in [9.17, 15) is 9.59 Å². The predicted molar refractivity (Wildman–Crippen MR) is 73.4 cm³/mol. The van der Waals surface area contributed by atoms with E-state index in [1.807, 2.05) is 24.3 Å². The van der Waals surface area contributed by atoms with Crippen LogP contribution in [0.2, 0.25) is 0 Å². The van der Waals surface area contributed by atoms with Crippen molar-refractivity contribution in [2.75, 3.05) is 5.32 Å². The van der Waals surface area contributed by atoms with Crippen LogP contribution >= 0.6 is 0 Å². The maximum Gasteiger partial charge on any atom is 0.323 e. The third-order valence-corrected chi connectivity index (χ3v) is 2.77. The van der Waals surface area contributed by atoms with Crippen LogP contribution in [0.5, 0.6) is 0 Å². The number of aromatic amines is 3. The molecule has 0 saturated carbocycles. The minimum Gasteiger partial charge on any atom is -0.321 e. The normalized spacial score (nSPS) is 10.4. The quantitative estimate of drug-likeness (QED) is 0.576. The molecular formula is C13H11N5O2. The number of aromatic nitrogens is 4. The highest BCUT2D eigenvalue weighted by molar-refractivity contribution is 6.02. The summed E-state index contributed by atoms with van der Waals surface area (Å²) in [4.78, 5) is 27.6. The number of benzene rings is 1. The Morgan fingerprint density at radius 3 is 2.85 bits per heavy atom. The van der Waals surface area contributed by atoms with Gasteiger partial charge in [-0.25, -0.2) is 4.79 Å². The number of carbonyl (C=O) groups is 1. The van der Waals surface area contributed by atoms with E-state index >= 15 is 0 Å². The summed E-state index contributed by atoms with van der Waals surface area (Å²) in [6, 6.07) is 9.15. The van der Waals surface area contributed by atoms with Gasteiger partial charge in [0.05, 0.1) is 5.69 Å². The number of amides is 1. The van der Waals surface area contributed by atoms with Crippen LogP contribution in [0, 0.1) is 0 Å². The molecular weight excluding hydrogens is 258 g/mol. The van der Waals surface area contributed by atoms with Crippen molar-refractivity contribution in [3.8, 4) is 11.3 Å². The van der Waals surface area contributed by atoms with Gasteiger partial charge in [0, 0.05) is 23.6 Å². The molecule has 2 heterocycles. The zero-order valence-electron chi connectivity index (χ0n) is 10.3. The summed E-state index contributed by atoms with van der Waals surface area (Å²) in [5.74, 6) is -0.384. The minimum absolute atomic E-state index is 0.182. The van der Waals surface area contributed by atoms with Crippen LogP contribution in [0.1, 0.15) is 10.5 Å². The molecule has 2 aromatic heterocycles. The predicted octanol–water partition coefficient (Wildman–Crippen LogP) is 1.35. The summed E-state index contributed by atoms with van der Waals surface area (Å²) in [5.41, 5.74) is 2.16. The van der Waals surface area contributed by atoms with Crippen LogP contribution in [0.15, 0.2) is 47.5 Å². The van der Waals surface area contributed by atoms with Gasteiger partial charge in [-0.2, -0.15) is 5.10 Å². The highest BCUT2D eigenvalue weighted by atomic mass is 16.2. The second-order valence-corrected chi connectivity index (χ2v) is 4.16. The molecule has 0 unspecified atom stereocenters. The van der Waals surface area contributed by atoms with Crippen LogP contribution in [0.4, 0.5) is 5.69 Å². The molecule has 0 bridgehead atoms. The van der Waals surface area contributed by atoms with Crippen LogP contribution < -0.4 is 11.0 Å². The molecule has 0 aliphatic rings. The van der Waals surface area contributed by atoms with E-state index in [2.05, 4.69) is 25.5 Å². The van der Waals surface area contributed by atoms with Crippen LogP contribution in [-0.2, 0) is 0 Å². The molecule has 0 atom stereocenters. The monoisotopic (exact) mass is 269 g/mol. The fourth-order valence-electron chi connectivity index (χ4n) is 1.83. The largest absolute Gasteiger partial charge is 0.323 e. The smallest absolute Gasteiger partial charge is 0.321 e. The van der Waals surface area contributed by atoms with Gasteiger partial charge >= 0.3 is 5.69 Å². The number of nitrogens with zero attached hydrogens (tertiary/aromatic N) is 1. The SMILES string of the molecule is O=C(Nc1cccc(-c2ccn[nH]2)c1)c1c[nH]c(=O)[nH]1. The second kappa shape index (κ2) is 4.88. The van der Waals surface area contributed by atoms with Gasteiger partial charge in [-0.1, -0.05) is 12.1 Å². The Morgan fingerprint density at radius 2 is 2.15 bits per heavy atom. The number of rotatable bonds is 3. The molecule has 4 N–H and O–H groups in total. The number of H-pyrrole nitrogens is 3. The van der Waals surface area contributed by atoms with Crippen molar-refractivity contribution in [2.45, 2.75) is 0 Å². The minimum atomic E-state index is -0.415. The second-order valence-electron chi connectivity index (χ2n) is 4.16. The number of carbonyl (C=O) groups excluding carboxylic acids is 1. The Balaban J connectivity index is 1.83. The molecule has 7 heteroatoms. The summed E-state index contributed by atoms with van der Waals surface area (Å²) in [6.45, 7) is 0. The van der Waals surface area contributed by atoms with Crippen LogP contribution in [0.3, 0.4) is 0 Å². The third-order valence-electron chi connectivity index (χ3n) is 2.77. The van der Waals surface area contributed by atoms with Crippen LogP contribution in [0.25, 0.3) is 11.3 Å². The van der Waals surface area contributed by atoms with Gasteiger partial charge in [0.25, 0.3) is 5.91 Å². The fourth-order valence-corrected chi connectivity index (χ4v) is 1.83. The summed E-state index contributed by atoms with van der Waals surface area (Å²) >= 11 is 0. The van der Waals surface area contributed by atoms with E-state index in [1.165, 1.54) is 6.20 Å². The van der Waals surface area contributed by atoms with Crippen LogP contribution in [-0.4, -0.2) is 26.1 Å². The molecule has 1 aromatic carbocycles. The molecule has 0 saturated heterocycles. The van der Waals surface area contributed by atoms with Gasteiger partial charge < -0.3 is 15.3 Å². The van der Waals surface area contributed by atoms with Crippen molar-refractivity contribution in [3.05, 3.63) is 58.9 Å². The molecule has 7 nitrogen and oxygen atoms in total. The summed E-state index contributed by atoms with van der Waals surface area (Å²) in [6.07, 6.45) is 2.99. The molecule has 0 radical (unpaired) electrons. The first-order chi connectivity index (χ1) is 9.72. The first-order valence-corrected chi connectivity index (χ1v) is 5.91. The average Bonchev–Trinajstić information content (AvgIpc) is 3.10. The Labute approximate surface area is 113 Å². The summed E-state index contributed by atoms with van der Waals surface area (Å²) < 4.78 is 0. The summed E-state index contributed by atoms with van der Waals surface area (Å²) in [7, 11) is 0. The lowest BCUT2D eigenvalue weighted by atomic mass is 10.1. The van der Waals surface area contributed by atoms with E-state index in [0.717, 1.165) is 11.3 Å². The molecule has 0 fully saturated rings. The zero-order chi connectivity index (χ0) is 13.9. The van der Waals surface area contributed by atoms with E-state index in [1.54, 1.807) is 12.3 Å². The van der Waals surface area contributed by atoms with E-state index in [0.29, 0.717) is 5.69 Å². The Kier molecular flexibility index (Phi) is 2.92. The van der Waals surface area contributed by atoms with Gasteiger partial charge in [0.1, 0.15) is 5.69 Å². The first kappa shape index (κ1) is 12.0. The van der Waals surface area contributed by atoms with Crippen molar-refractivity contribution in [1.82, 2.24) is 20.2 Å². The number of imidazole rings is 1. The highest BCUT2D eigenvalue weighted by Gasteiger charge is 2.08. The summed E-state index contributed by atoms with van der Waals surface area (Å²) in [5, 5.41) is 9.45. The van der Waals surface area contributed by atoms with Gasteiger partial charge in [0.15, 0.2) is 0 Å². The van der Waals surface area contributed by atoms with Crippen molar-refractivity contribution in [2.24, 2.45) is 0 Å². The Bertz CT molecular complexity index is 785. The molecule has 100 valence electrons. The van der Waals surface area contributed by atoms with Gasteiger partial charge in [0.2, 0.25) is 0 Å². The number of anilines is 1. The molecule has 20 heavy (non-hydrogen) atoms. The Morgan fingerprint density at radius 1 is 1.25 bits per heavy atom. The van der Waals surface area contributed by atoms with Gasteiger partial charge in [-0.3, -0.25) is 9.89 Å². The van der Waals surface area contributed by atoms with Crippen molar-refractivity contribution >= 4 is 11.6 Å². The molecule has 3 aromatic rings. The average molecular weight is 269 g/mol. The molecule has 0 aliphatic carbocycles. The van der Waals surface area contributed by atoms with Crippen molar-refractivity contribution in [3.63, 3.8) is 0 Å². The van der Waals surface area contributed by atoms with E-state index in [4.69, 9.17) is 0 Å². The lowest BCUT2D eigenvalue weighted by Gasteiger charge is -2.05. The number of hydrogen-bond acceptors (Lipinski definition) is 3. The maximum absolute atomic E-state index is 11.9. The lowest BCUT2D eigenvalue weighted by Crippen LogP contribution is -2.13.